The van der Waals surface area contributed by atoms with E-state index in [2.05, 4.69) is 12.4 Å². The minimum absolute atomic E-state index is 0.0939. The summed E-state index contributed by atoms with van der Waals surface area (Å²) in [6.07, 6.45) is 0.922. The Morgan fingerprint density at radius 2 is 1.84 bits per heavy atom. The van der Waals surface area contributed by atoms with E-state index in [0.29, 0.717) is 13.2 Å². The zero-order chi connectivity index (χ0) is 13.9. The molecule has 0 saturated heterocycles. The van der Waals surface area contributed by atoms with Crippen molar-refractivity contribution >= 4 is 0 Å². The van der Waals surface area contributed by atoms with Crippen molar-refractivity contribution in [1.29, 1.82) is 0 Å². The highest BCUT2D eigenvalue weighted by Crippen LogP contribution is 2.32. The molecule has 0 aromatic heterocycles. The van der Waals surface area contributed by atoms with Crippen LogP contribution in [0.5, 0.6) is 11.5 Å². The Hall–Kier alpha value is -1.26. The van der Waals surface area contributed by atoms with Crippen molar-refractivity contribution < 1.29 is 14.3 Å². The van der Waals surface area contributed by atoms with Crippen LogP contribution in [-0.4, -0.2) is 18.8 Å². The topological polar surface area (TPSA) is 39.7 Å². The van der Waals surface area contributed by atoms with E-state index in [-0.39, 0.29) is 11.6 Å². The number of hydrogen-bond donors (Lipinski definition) is 1. The standard InChI is InChI=1S/C15H23NO3/c1-11(16-19-15(2,3)4)12-6-7-13-14(10-12)18-9-5-8-17-13/h6-7,10-11,16H,5,8-9H2,1-4H3. The lowest BCUT2D eigenvalue weighted by atomic mass is 10.1. The molecule has 1 N–H and O–H groups in total. The number of hydroxylamine groups is 1. The fraction of sp³-hybridized carbons (Fsp3) is 0.600. The van der Waals surface area contributed by atoms with Gasteiger partial charge in [-0.15, -0.1) is 0 Å². The van der Waals surface area contributed by atoms with E-state index in [1.54, 1.807) is 0 Å². The molecule has 4 heteroatoms. The summed E-state index contributed by atoms with van der Waals surface area (Å²) in [4.78, 5) is 5.59. The Morgan fingerprint density at radius 1 is 1.16 bits per heavy atom. The lowest BCUT2D eigenvalue weighted by Crippen LogP contribution is -2.30. The van der Waals surface area contributed by atoms with Gasteiger partial charge in [0, 0.05) is 6.42 Å². The summed E-state index contributed by atoms with van der Waals surface area (Å²) in [5.74, 6) is 1.64. The number of nitrogens with one attached hydrogen (secondary N) is 1. The average molecular weight is 265 g/mol. The predicted octanol–water partition coefficient (Wildman–Crippen LogP) is 3.23. The number of fused-ring (bicyclic) bond motifs is 1. The van der Waals surface area contributed by atoms with Crippen LogP contribution in [-0.2, 0) is 4.84 Å². The van der Waals surface area contributed by atoms with Gasteiger partial charge in [0.25, 0.3) is 0 Å². The van der Waals surface area contributed by atoms with E-state index in [9.17, 15) is 0 Å². The van der Waals surface area contributed by atoms with E-state index >= 15 is 0 Å². The Balaban J connectivity index is 2.06. The van der Waals surface area contributed by atoms with Crippen molar-refractivity contribution in [1.82, 2.24) is 5.48 Å². The second-order valence-electron chi connectivity index (χ2n) is 5.81. The van der Waals surface area contributed by atoms with Crippen molar-refractivity contribution in [2.24, 2.45) is 0 Å². The Kier molecular flexibility index (Phi) is 4.32. The van der Waals surface area contributed by atoms with Gasteiger partial charge in [0.05, 0.1) is 24.9 Å². The fourth-order valence-electron chi connectivity index (χ4n) is 1.78. The molecule has 1 atom stereocenters. The van der Waals surface area contributed by atoms with E-state index in [0.717, 1.165) is 23.5 Å². The molecule has 0 saturated carbocycles. The van der Waals surface area contributed by atoms with Crippen LogP contribution < -0.4 is 15.0 Å². The highest BCUT2D eigenvalue weighted by molar-refractivity contribution is 5.44. The predicted molar refractivity (Wildman–Crippen MR) is 74.4 cm³/mol. The maximum absolute atomic E-state index is 5.69. The van der Waals surface area contributed by atoms with Crippen LogP contribution in [0.25, 0.3) is 0 Å². The molecule has 1 aromatic rings. The molecule has 1 aliphatic heterocycles. The third kappa shape index (κ3) is 4.11. The molecular formula is C15H23NO3. The summed E-state index contributed by atoms with van der Waals surface area (Å²) >= 11 is 0. The van der Waals surface area contributed by atoms with Crippen molar-refractivity contribution in [2.45, 2.75) is 45.8 Å². The van der Waals surface area contributed by atoms with Gasteiger partial charge in [-0.2, -0.15) is 5.48 Å². The molecule has 0 bridgehead atoms. The van der Waals surface area contributed by atoms with E-state index in [1.165, 1.54) is 0 Å². The molecule has 0 fully saturated rings. The minimum atomic E-state index is -0.209. The van der Waals surface area contributed by atoms with Gasteiger partial charge in [0.1, 0.15) is 0 Å². The number of benzene rings is 1. The molecule has 0 spiro atoms. The fourth-order valence-corrected chi connectivity index (χ4v) is 1.78. The molecule has 0 aliphatic carbocycles. The van der Waals surface area contributed by atoms with E-state index in [4.69, 9.17) is 14.3 Å². The largest absolute Gasteiger partial charge is 0.490 e. The monoisotopic (exact) mass is 265 g/mol. The first-order valence-corrected chi connectivity index (χ1v) is 6.79. The van der Waals surface area contributed by atoms with Gasteiger partial charge >= 0.3 is 0 Å². The normalized spacial score (nSPS) is 16.8. The third-order valence-electron chi connectivity index (χ3n) is 2.81. The summed E-state index contributed by atoms with van der Waals surface area (Å²) in [6.45, 7) is 9.52. The van der Waals surface area contributed by atoms with Crippen molar-refractivity contribution in [3.63, 3.8) is 0 Å². The van der Waals surface area contributed by atoms with Gasteiger partial charge < -0.3 is 9.47 Å². The molecule has 2 rings (SSSR count). The SMILES string of the molecule is CC(NOC(C)(C)C)c1ccc2c(c1)OCCCO2. The quantitative estimate of drug-likeness (QED) is 0.852. The summed E-state index contributed by atoms with van der Waals surface area (Å²) in [7, 11) is 0. The van der Waals surface area contributed by atoms with Gasteiger partial charge in [0.15, 0.2) is 11.5 Å². The molecule has 106 valence electrons. The minimum Gasteiger partial charge on any atom is -0.490 e. The van der Waals surface area contributed by atoms with Crippen molar-refractivity contribution in [3.8, 4) is 11.5 Å². The van der Waals surface area contributed by atoms with Crippen LogP contribution in [0.4, 0.5) is 0 Å². The lowest BCUT2D eigenvalue weighted by Gasteiger charge is -2.23. The molecule has 1 aromatic carbocycles. The molecule has 0 radical (unpaired) electrons. The molecule has 1 heterocycles. The van der Waals surface area contributed by atoms with Crippen LogP contribution in [0.3, 0.4) is 0 Å². The zero-order valence-electron chi connectivity index (χ0n) is 12.2. The number of ether oxygens (including phenoxy) is 2. The molecular weight excluding hydrogens is 242 g/mol. The van der Waals surface area contributed by atoms with E-state index < -0.39 is 0 Å². The Labute approximate surface area is 115 Å². The Morgan fingerprint density at radius 3 is 2.53 bits per heavy atom. The first-order valence-electron chi connectivity index (χ1n) is 6.79. The second-order valence-corrected chi connectivity index (χ2v) is 5.81. The summed E-state index contributed by atoms with van der Waals surface area (Å²) in [5.41, 5.74) is 3.98. The highest BCUT2D eigenvalue weighted by atomic mass is 16.7. The summed E-state index contributed by atoms with van der Waals surface area (Å²) < 4.78 is 11.3. The number of hydrogen-bond acceptors (Lipinski definition) is 4. The van der Waals surface area contributed by atoms with Crippen LogP contribution in [0, 0.1) is 0 Å². The van der Waals surface area contributed by atoms with Gasteiger partial charge in [-0.25, -0.2) is 0 Å². The van der Waals surface area contributed by atoms with Gasteiger partial charge in [-0.05, 0) is 45.4 Å². The van der Waals surface area contributed by atoms with Gasteiger partial charge in [-0.1, -0.05) is 6.07 Å². The molecule has 1 unspecified atom stereocenters. The van der Waals surface area contributed by atoms with Gasteiger partial charge in [-0.3, -0.25) is 4.84 Å². The molecule has 1 aliphatic rings. The van der Waals surface area contributed by atoms with Gasteiger partial charge in [0.2, 0.25) is 0 Å². The number of rotatable bonds is 3. The first-order chi connectivity index (χ1) is 8.96. The Bertz CT molecular complexity index is 426. The molecule has 0 amide bonds. The summed E-state index contributed by atoms with van der Waals surface area (Å²) in [6, 6.07) is 6.11. The maximum atomic E-state index is 5.69. The molecule has 19 heavy (non-hydrogen) atoms. The van der Waals surface area contributed by atoms with Crippen LogP contribution >= 0.6 is 0 Å². The smallest absolute Gasteiger partial charge is 0.161 e. The molecule has 4 nitrogen and oxygen atoms in total. The van der Waals surface area contributed by atoms with Crippen molar-refractivity contribution in [3.05, 3.63) is 23.8 Å². The average Bonchev–Trinajstić information content (AvgIpc) is 2.59. The lowest BCUT2D eigenvalue weighted by molar-refractivity contribution is -0.0866. The van der Waals surface area contributed by atoms with Crippen molar-refractivity contribution in [2.75, 3.05) is 13.2 Å². The second kappa shape index (κ2) is 5.80. The van der Waals surface area contributed by atoms with Crippen LogP contribution in [0.2, 0.25) is 0 Å². The van der Waals surface area contributed by atoms with E-state index in [1.807, 2.05) is 39.0 Å². The summed E-state index contributed by atoms with van der Waals surface area (Å²) in [5, 5.41) is 0. The first kappa shape index (κ1) is 14.2. The zero-order valence-corrected chi connectivity index (χ0v) is 12.2. The highest BCUT2D eigenvalue weighted by Gasteiger charge is 2.16. The van der Waals surface area contributed by atoms with Crippen LogP contribution in [0.1, 0.15) is 45.7 Å². The van der Waals surface area contributed by atoms with Crippen LogP contribution in [0.15, 0.2) is 18.2 Å². The third-order valence-corrected chi connectivity index (χ3v) is 2.81. The maximum Gasteiger partial charge on any atom is 0.161 e.